The number of rotatable bonds is 4. The topological polar surface area (TPSA) is 69.0 Å². The number of hydrogen-bond acceptors (Lipinski definition) is 4. The minimum atomic E-state index is -0.503. The molecule has 6 nitrogen and oxygen atoms in total. The average Bonchev–Trinajstić information content (AvgIpc) is 2.72. The summed E-state index contributed by atoms with van der Waals surface area (Å²) < 4.78 is 7.76. The average molecular weight is 404 g/mol. The van der Waals surface area contributed by atoms with Gasteiger partial charge >= 0.3 is 6.09 Å². The molecule has 0 aliphatic rings. The van der Waals surface area contributed by atoms with E-state index in [1.807, 2.05) is 38.4 Å². The Labute approximate surface area is 148 Å². The van der Waals surface area contributed by atoms with E-state index in [4.69, 9.17) is 16.3 Å². The van der Waals surface area contributed by atoms with Crippen molar-refractivity contribution in [3.63, 3.8) is 0 Å². The van der Waals surface area contributed by atoms with Gasteiger partial charge in [0.15, 0.2) is 0 Å². The zero-order chi connectivity index (χ0) is 17.2. The number of aromatic nitrogens is 3. The van der Waals surface area contributed by atoms with Gasteiger partial charge in [0.25, 0.3) is 0 Å². The Morgan fingerprint density at radius 2 is 2.22 bits per heavy atom. The molecule has 0 aliphatic heterocycles. The standard InChI is InChI=1S/C15H20BrClN4O2/c1-9(19-14(22)23-15(2,3)4)6-8-21-10-5-7-18-13(17)11(10)12(16)20-21/h5,7,9H,6,8H2,1-4H3,(H,19,22)/t9-/m1/s1. The maximum atomic E-state index is 11.8. The molecule has 126 valence electrons. The largest absolute Gasteiger partial charge is 0.444 e. The SMILES string of the molecule is C[C@H](CCn1nc(Br)c2c(Cl)nccc21)NC(=O)OC(C)(C)C. The van der Waals surface area contributed by atoms with Gasteiger partial charge in [0, 0.05) is 18.8 Å². The van der Waals surface area contributed by atoms with E-state index >= 15 is 0 Å². The lowest BCUT2D eigenvalue weighted by molar-refractivity contribution is 0.0505. The number of carbonyl (C=O) groups is 1. The fraction of sp³-hybridized carbons (Fsp3) is 0.533. The van der Waals surface area contributed by atoms with Crippen LogP contribution in [0.3, 0.4) is 0 Å². The third-order valence-corrected chi connectivity index (χ3v) is 3.95. The van der Waals surface area contributed by atoms with E-state index in [0.29, 0.717) is 22.7 Å². The third-order valence-electron chi connectivity index (χ3n) is 3.11. The summed E-state index contributed by atoms with van der Waals surface area (Å²) >= 11 is 9.50. The molecule has 0 saturated carbocycles. The van der Waals surface area contributed by atoms with Crippen LogP contribution in [-0.4, -0.2) is 32.5 Å². The van der Waals surface area contributed by atoms with Gasteiger partial charge in [-0.15, -0.1) is 0 Å². The van der Waals surface area contributed by atoms with Crippen LogP contribution in [0.4, 0.5) is 4.79 Å². The highest BCUT2D eigenvalue weighted by Crippen LogP contribution is 2.28. The van der Waals surface area contributed by atoms with Crippen LogP contribution in [0.25, 0.3) is 10.9 Å². The first kappa shape index (κ1) is 18.0. The van der Waals surface area contributed by atoms with Crippen LogP contribution in [-0.2, 0) is 11.3 Å². The van der Waals surface area contributed by atoms with Crippen molar-refractivity contribution in [3.8, 4) is 0 Å². The second kappa shape index (κ2) is 7.05. The van der Waals surface area contributed by atoms with E-state index in [0.717, 1.165) is 10.9 Å². The van der Waals surface area contributed by atoms with Crippen molar-refractivity contribution in [2.45, 2.75) is 52.3 Å². The van der Waals surface area contributed by atoms with Gasteiger partial charge in [-0.3, -0.25) is 4.68 Å². The van der Waals surface area contributed by atoms with E-state index in [1.54, 1.807) is 6.20 Å². The summed E-state index contributed by atoms with van der Waals surface area (Å²) in [5.74, 6) is 0. The molecule has 0 fully saturated rings. The number of hydrogen-bond donors (Lipinski definition) is 1. The van der Waals surface area contributed by atoms with Gasteiger partial charge in [-0.1, -0.05) is 11.6 Å². The molecule has 2 heterocycles. The molecule has 0 radical (unpaired) electrons. The van der Waals surface area contributed by atoms with Crippen molar-refractivity contribution in [1.82, 2.24) is 20.1 Å². The zero-order valence-corrected chi connectivity index (χ0v) is 15.9. The van der Waals surface area contributed by atoms with Crippen LogP contribution in [0, 0.1) is 0 Å². The molecule has 1 N–H and O–H groups in total. The molecule has 1 amide bonds. The molecular weight excluding hydrogens is 384 g/mol. The molecule has 0 aliphatic carbocycles. The fourth-order valence-electron chi connectivity index (χ4n) is 2.11. The Bertz CT molecular complexity index is 711. The summed E-state index contributed by atoms with van der Waals surface area (Å²) in [5, 5.41) is 8.46. The van der Waals surface area contributed by atoms with Crippen LogP contribution in [0.15, 0.2) is 16.9 Å². The van der Waals surface area contributed by atoms with Crippen molar-refractivity contribution < 1.29 is 9.53 Å². The van der Waals surface area contributed by atoms with Gasteiger partial charge in [-0.2, -0.15) is 5.10 Å². The number of alkyl carbamates (subject to hydrolysis) is 1. The van der Waals surface area contributed by atoms with Gasteiger partial charge in [0.1, 0.15) is 15.4 Å². The van der Waals surface area contributed by atoms with E-state index in [2.05, 4.69) is 31.3 Å². The zero-order valence-electron chi connectivity index (χ0n) is 13.6. The maximum absolute atomic E-state index is 11.8. The number of nitrogens with zero attached hydrogens (tertiary/aromatic N) is 3. The highest BCUT2D eigenvalue weighted by Gasteiger charge is 2.18. The number of halogens is 2. The molecule has 2 aromatic heterocycles. The summed E-state index contributed by atoms with van der Waals surface area (Å²) in [6.07, 6.45) is 1.95. The molecule has 0 unspecified atom stereocenters. The number of amides is 1. The van der Waals surface area contributed by atoms with Gasteiger partial charge in [0.05, 0.1) is 10.9 Å². The van der Waals surface area contributed by atoms with E-state index < -0.39 is 11.7 Å². The van der Waals surface area contributed by atoms with Crippen LogP contribution in [0.1, 0.15) is 34.1 Å². The molecule has 2 aromatic rings. The van der Waals surface area contributed by atoms with Crippen molar-refractivity contribution in [1.29, 1.82) is 0 Å². The Morgan fingerprint density at radius 1 is 1.52 bits per heavy atom. The van der Waals surface area contributed by atoms with Crippen LogP contribution in [0.5, 0.6) is 0 Å². The number of ether oxygens (including phenoxy) is 1. The van der Waals surface area contributed by atoms with Gasteiger partial charge in [-0.05, 0) is 56.1 Å². The summed E-state index contributed by atoms with van der Waals surface area (Å²) in [7, 11) is 0. The van der Waals surface area contributed by atoms with Gasteiger partial charge < -0.3 is 10.1 Å². The minimum absolute atomic E-state index is 0.0415. The van der Waals surface area contributed by atoms with Crippen molar-refractivity contribution in [3.05, 3.63) is 22.0 Å². The first-order valence-corrected chi connectivity index (χ1v) is 8.50. The molecule has 8 heteroatoms. The third kappa shape index (κ3) is 4.81. The highest BCUT2D eigenvalue weighted by molar-refractivity contribution is 9.10. The number of carbonyl (C=O) groups excluding carboxylic acids is 1. The molecule has 23 heavy (non-hydrogen) atoms. The molecule has 0 spiro atoms. The smallest absolute Gasteiger partial charge is 0.407 e. The number of pyridine rings is 1. The monoisotopic (exact) mass is 402 g/mol. The first-order valence-electron chi connectivity index (χ1n) is 7.33. The molecular formula is C15H20BrClN4O2. The van der Waals surface area contributed by atoms with Gasteiger partial charge in [-0.25, -0.2) is 9.78 Å². The van der Waals surface area contributed by atoms with Gasteiger partial charge in [0.2, 0.25) is 0 Å². The number of aryl methyl sites for hydroxylation is 1. The normalized spacial score (nSPS) is 13.1. The maximum Gasteiger partial charge on any atom is 0.407 e. The molecule has 0 saturated heterocycles. The number of fused-ring (bicyclic) bond motifs is 1. The molecule has 0 bridgehead atoms. The van der Waals surface area contributed by atoms with Crippen molar-refractivity contribution in [2.75, 3.05) is 0 Å². The first-order chi connectivity index (χ1) is 10.7. The predicted octanol–water partition coefficient (Wildman–Crippen LogP) is 4.15. The van der Waals surface area contributed by atoms with E-state index in [9.17, 15) is 4.79 Å². The quantitative estimate of drug-likeness (QED) is 0.779. The Kier molecular flexibility index (Phi) is 5.52. The number of nitrogens with one attached hydrogen (secondary N) is 1. The van der Waals surface area contributed by atoms with Crippen molar-refractivity contribution >= 4 is 44.5 Å². The lowest BCUT2D eigenvalue weighted by Gasteiger charge is -2.22. The Balaban J connectivity index is 1.99. The molecule has 1 atom stereocenters. The second-order valence-corrected chi connectivity index (χ2v) is 7.45. The second-order valence-electron chi connectivity index (χ2n) is 6.35. The van der Waals surface area contributed by atoms with Crippen molar-refractivity contribution in [2.24, 2.45) is 0 Å². The fourth-order valence-corrected chi connectivity index (χ4v) is 3.05. The van der Waals surface area contributed by atoms with E-state index in [-0.39, 0.29) is 6.04 Å². The summed E-state index contributed by atoms with van der Waals surface area (Å²) in [4.78, 5) is 15.8. The lowest BCUT2D eigenvalue weighted by Crippen LogP contribution is -2.38. The Hall–Kier alpha value is -1.34. The lowest BCUT2D eigenvalue weighted by atomic mass is 10.2. The minimum Gasteiger partial charge on any atom is -0.444 e. The molecule has 0 aromatic carbocycles. The van der Waals surface area contributed by atoms with Crippen LogP contribution < -0.4 is 5.32 Å². The Morgan fingerprint density at radius 3 is 2.87 bits per heavy atom. The van der Waals surface area contributed by atoms with Crippen LogP contribution in [0.2, 0.25) is 5.15 Å². The van der Waals surface area contributed by atoms with Crippen LogP contribution >= 0.6 is 27.5 Å². The predicted molar refractivity (Wildman–Crippen MR) is 93.7 cm³/mol. The molecule has 2 rings (SSSR count). The summed E-state index contributed by atoms with van der Waals surface area (Å²) in [5.41, 5.74) is 0.401. The van der Waals surface area contributed by atoms with E-state index in [1.165, 1.54) is 0 Å². The summed E-state index contributed by atoms with van der Waals surface area (Å²) in [6, 6.07) is 1.82. The summed E-state index contributed by atoms with van der Waals surface area (Å²) in [6.45, 7) is 8.08. The highest BCUT2D eigenvalue weighted by atomic mass is 79.9.